The molecular formula is C17H22ClF2N3O2. The molecule has 0 unspecified atom stereocenters. The van der Waals surface area contributed by atoms with Gasteiger partial charge in [0.15, 0.2) is 0 Å². The Hall–Kier alpha value is -2.12. The minimum atomic E-state index is -3.11. The number of methoxy groups -OCH3 is 1. The number of ether oxygens (including phenoxy) is 1. The number of halogens is 3. The Labute approximate surface area is 151 Å². The van der Waals surface area contributed by atoms with Crippen molar-refractivity contribution in [2.45, 2.75) is 19.8 Å². The molecule has 1 aromatic carbocycles. The van der Waals surface area contributed by atoms with Crippen LogP contribution in [0.2, 0.25) is 0 Å². The SMILES string of the molecule is COc1ccc(-n2c(C)cc(C(=O)NCC(F)(F)CN)c2C)cc1.Cl. The van der Waals surface area contributed by atoms with Crippen molar-refractivity contribution in [3.8, 4) is 11.4 Å². The standard InChI is InChI=1S/C17H21F2N3O2.ClH/c1-11-8-15(16(23)21-10-17(18,19)9-20)12(2)22(11)13-4-6-14(24-3)7-5-13;/h4-8H,9-10,20H2,1-3H3,(H,21,23);1H. The summed E-state index contributed by atoms with van der Waals surface area (Å²) in [5.41, 5.74) is 7.69. The Morgan fingerprint density at radius 2 is 1.88 bits per heavy atom. The average molecular weight is 374 g/mol. The number of rotatable bonds is 6. The molecule has 1 amide bonds. The van der Waals surface area contributed by atoms with Gasteiger partial charge in [0.05, 0.1) is 25.8 Å². The van der Waals surface area contributed by atoms with Gasteiger partial charge < -0.3 is 20.4 Å². The number of benzene rings is 1. The molecule has 0 saturated carbocycles. The van der Waals surface area contributed by atoms with Gasteiger partial charge in [-0.15, -0.1) is 12.4 Å². The highest BCUT2D eigenvalue weighted by Gasteiger charge is 2.28. The van der Waals surface area contributed by atoms with E-state index in [4.69, 9.17) is 10.5 Å². The average Bonchev–Trinajstić information content (AvgIpc) is 2.87. The van der Waals surface area contributed by atoms with Gasteiger partial charge in [0, 0.05) is 17.1 Å². The zero-order chi connectivity index (χ0) is 17.9. The number of amides is 1. The summed E-state index contributed by atoms with van der Waals surface area (Å²) in [6.45, 7) is 2.03. The molecule has 0 atom stereocenters. The molecule has 0 aliphatic carbocycles. The number of carbonyl (C=O) groups is 1. The third-order valence-electron chi connectivity index (χ3n) is 3.81. The molecule has 0 spiro atoms. The van der Waals surface area contributed by atoms with Crippen LogP contribution in [0.15, 0.2) is 30.3 Å². The number of nitrogens with one attached hydrogen (secondary N) is 1. The maximum Gasteiger partial charge on any atom is 0.277 e. The van der Waals surface area contributed by atoms with Crippen molar-refractivity contribution >= 4 is 18.3 Å². The number of aromatic nitrogens is 1. The Kier molecular flexibility index (Phi) is 6.96. The van der Waals surface area contributed by atoms with E-state index in [-0.39, 0.29) is 12.4 Å². The van der Waals surface area contributed by atoms with Crippen LogP contribution in [0.25, 0.3) is 5.69 Å². The molecule has 5 nitrogen and oxygen atoms in total. The maximum atomic E-state index is 13.2. The van der Waals surface area contributed by atoms with Gasteiger partial charge in [-0.2, -0.15) is 0 Å². The highest BCUT2D eigenvalue weighted by Crippen LogP contribution is 2.23. The molecule has 2 aromatic rings. The number of carbonyl (C=O) groups excluding carboxylic acids is 1. The number of nitrogens with zero attached hydrogens (tertiary/aromatic N) is 1. The van der Waals surface area contributed by atoms with E-state index in [9.17, 15) is 13.6 Å². The Morgan fingerprint density at radius 3 is 2.40 bits per heavy atom. The molecule has 0 aliphatic rings. The minimum Gasteiger partial charge on any atom is -0.497 e. The molecule has 0 fully saturated rings. The fourth-order valence-corrected chi connectivity index (χ4v) is 2.50. The van der Waals surface area contributed by atoms with Crippen LogP contribution in [-0.4, -0.2) is 36.6 Å². The van der Waals surface area contributed by atoms with Crippen molar-refractivity contribution in [3.05, 3.63) is 47.3 Å². The van der Waals surface area contributed by atoms with Gasteiger partial charge in [0.25, 0.3) is 11.8 Å². The normalized spacial score (nSPS) is 11.0. The Morgan fingerprint density at radius 1 is 1.28 bits per heavy atom. The summed E-state index contributed by atoms with van der Waals surface area (Å²) in [6, 6.07) is 9.03. The van der Waals surface area contributed by atoms with Crippen LogP contribution < -0.4 is 15.8 Å². The van der Waals surface area contributed by atoms with Gasteiger partial charge >= 0.3 is 0 Å². The quantitative estimate of drug-likeness (QED) is 0.818. The lowest BCUT2D eigenvalue weighted by Gasteiger charge is -2.14. The highest BCUT2D eigenvalue weighted by atomic mass is 35.5. The smallest absolute Gasteiger partial charge is 0.277 e. The minimum absolute atomic E-state index is 0. The van der Waals surface area contributed by atoms with Crippen molar-refractivity contribution < 1.29 is 18.3 Å². The summed E-state index contributed by atoms with van der Waals surface area (Å²) in [5, 5.41) is 2.24. The molecule has 138 valence electrons. The van der Waals surface area contributed by atoms with Crippen molar-refractivity contribution in [1.82, 2.24) is 9.88 Å². The molecule has 1 aromatic heterocycles. The summed E-state index contributed by atoms with van der Waals surface area (Å²) in [4.78, 5) is 12.2. The van der Waals surface area contributed by atoms with Crippen LogP contribution in [0.5, 0.6) is 5.75 Å². The first-order valence-electron chi connectivity index (χ1n) is 7.48. The number of aryl methyl sites for hydroxylation is 1. The van der Waals surface area contributed by atoms with Crippen LogP contribution in [-0.2, 0) is 0 Å². The lowest BCUT2D eigenvalue weighted by atomic mass is 10.2. The van der Waals surface area contributed by atoms with Gasteiger partial charge in [-0.1, -0.05) is 0 Å². The molecule has 1 heterocycles. The molecule has 3 N–H and O–H groups in total. The summed E-state index contributed by atoms with van der Waals surface area (Å²) < 4.78 is 33.4. The van der Waals surface area contributed by atoms with Crippen molar-refractivity contribution in [2.75, 3.05) is 20.2 Å². The molecule has 8 heteroatoms. The number of nitrogens with two attached hydrogens (primary N) is 1. The monoisotopic (exact) mass is 373 g/mol. The maximum absolute atomic E-state index is 13.2. The summed E-state index contributed by atoms with van der Waals surface area (Å²) in [6.07, 6.45) is 0. The lowest BCUT2D eigenvalue weighted by molar-refractivity contribution is 0.0118. The van der Waals surface area contributed by atoms with Crippen molar-refractivity contribution in [3.63, 3.8) is 0 Å². The zero-order valence-electron chi connectivity index (χ0n) is 14.3. The van der Waals surface area contributed by atoms with E-state index in [2.05, 4.69) is 5.32 Å². The fraction of sp³-hybridized carbons (Fsp3) is 0.353. The van der Waals surface area contributed by atoms with Gasteiger partial charge in [-0.05, 0) is 44.2 Å². The lowest BCUT2D eigenvalue weighted by Crippen LogP contribution is -2.41. The van der Waals surface area contributed by atoms with E-state index in [0.717, 1.165) is 17.1 Å². The third-order valence-corrected chi connectivity index (χ3v) is 3.81. The first kappa shape index (κ1) is 20.9. The second-order valence-corrected chi connectivity index (χ2v) is 5.56. The second-order valence-electron chi connectivity index (χ2n) is 5.56. The predicted molar refractivity (Wildman–Crippen MR) is 95.4 cm³/mol. The molecule has 0 aliphatic heterocycles. The number of hydrogen-bond donors (Lipinski definition) is 2. The van der Waals surface area contributed by atoms with Gasteiger partial charge in [-0.25, -0.2) is 8.78 Å². The largest absolute Gasteiger partial charge is 0.497 e. The zero-order valence-corrected chi connectivity index (χ0v) is 15.1. The number of hydrogen-bond acceptors (Lipinski definition) is 3. The van der Waals surface area contributed by atoms with Crippen LogP contribution in [0.4, 0.5) is 8.78 Å². The first-order valence-corrected chi connectivity index (χ1v) is 7.48. The van der Waals surface area contributed by atoms with Gasteiger partial charge in [0.2, 0.25) is 0 Å². The summed E-state index contributed by atoms with van der Waals surface area (Å²) in [5.74, 6) is -2.93. The van der Waals surface area contributed by atoms with E-state index >= 15 is 0 Å². The van der Waals surface area contributed by atoms with Crippen LogP contribution in [0.3, 0.4) is 0 Å². The molecule has 0 radical (unpaired) electrons. The Balaban J connectivity index is 0.00000312. The van der Waals surface area contributed by atoms with Crippen LogP contribution >= 0.6 is 12.4 Å². The van der Waals surface area contributed by atoms with Crippen molar-refractivity contribution in [2.24, 2.45) is 5.73 Å². The topological polar surface area (TPSA) is 69.3 Å². The number of alkyl halides is 2. The second kappa shape index (κ2) is 8.31. The van der Waals surface area contributed by atoms with E-state index in [1.54, 1.807) is 20.1 Å². The van der Waals surface area contributed by atoms with E-state index in [1.165, 1.54) is 0 Å². The summed E-state index contributed by atoms with van der Waals surface area (Å²) >= 11 is 0. The molecule has 0 bridgehead atoms. The van der Waals surface area contributed by atoms with Gasteiger partial charge in [0.1, 0.15) is 5.75 Å². The van der Waals surface area contributed by atoms with E-state index < -0.39 is 24.9 Å². The first-order chi connectivity index (χ1) is 11.3. The van der Waals surface area contributed by atoms with Crippen LogP contribution in [0, 0.1) is 13.8 Å². The van der Waals surface area contributed by atoms with E-state index in [1.807, 2.05) is 35.8 Å². The highest BCUT2D eigenvalue weighted by molar-refractivity contribution is 5.96. The fourth-order valence-electron chi connectivity index (χ4n) is 2.50. The molecule has 2 rings (SSSR count). The summed E-state index contributed by atoms with van der Waals surface area (Å²) in [7, 11) is 1.58. The third kappa shape index (κ3) is 4.70. The Bertz CT molecular complexity index is 730. The molecule has 25 heavy (non-hydrogen) atoms. The van der Waals surface area contributed by atoms with E-state index in [0.29, 0.717) is 11.3 Å². The molecule has 0 saturated heterocycles. The molecular weight excluding hydrogens is 352 g/mol. The predicted octanol–water partition coefficient (Wildman–Crippen LogP) is 2.85. The van der Waals surface area contributed by atoms with Crippen molar-refractivity contribution in [1.29, 1.82) is 0 Å². The van der Waals surface area contributed by atoms with Gasteiger partial charge in [-0.3, -0.25) is 4.79 Å². The van der Waals surface area contributed by atoms with Crippen LogP contribution in [0.1, 0.15) is 21.7 Å².